The Morgan fingerprint density at radius 1 is 1.16 bits per heavy atom. The molecule has 0 bridgehead atoms. The van der Waals surface area contributed by atoms with E-state index in [0.29, 0.717) is 18.2 Å². The quantitative estimate of drug-likeness (QED) is 0.606. The molecule has 1 heterocycles. The lowest BCUT2D eigenvalue weighted by molar-refractivity contribution is 0.251. The van der Waals surface area contributed by atoms with Gasteiger partial charge < -0.3 is 20.6 Å². The molecule has 0 amide bonds. The molecule has 1 aromatic rings. The lowest BCUT2D eigenvalue weighted by Crippen LogP contribution is -2.38. The second-order valence-electron chi connectivity index (χ2n) is 5.16. The van der Waals surface area contributed by atoms with Gasteiger partial charge >= 0.3 is 0 Å². The summed E-state index contributed by atoms with van der Waals surface area (Å²) in [4.78, 5) is 2.45. The summed E-state index contributed by atoms with van der Waals surface area (Å²) in [5.74, 6) is -1.00. The van der Waals surface area contributed by atoms with Crippen molar-refractivity contribution in [3.63, 3.8) is 0 Å². The first-order valence-electron chi connectivity index (χ1n) is 6.77. The lowest BCUT2D eigenvalue weighted by Gasteiger charge is -2.24. The third-order valence-electron chi connectivity index (χ3n) is 3.73. The average Bonchev–Trinajstić information content (AvgIpc) is 2.92. The minimum atomic E-state index is -0.452. The topological polar surface area (TPSA) is 76.0 Å². The van der Waals surface area contributed by atoms with Gasteiger partial charge in [-0.2, -0.15) is 0 Å². The van der Waals surface area contributed by atoms with E-state index in [1.807, 2.05) is 0 Å². The fourth-order valence-corrected chi connectivity index (χ4v) is 2.48. The fraction of sp³-hybridized carbons (Fsp3) is 0.571. The van der Waals surface area contributed by atoms with E-state index in [9.17, 15) is 15.3 Å². The minimum Gasteiger partial charge on any atom is -0.504 e. The summed E-state index contributed by atoms with van der Waals surface area (Å²) in [6.45, 7) is 5.81. The van der Waals surface area contributed by atoms with Crippen LogP contribution in [-0.2, 0) is 6.54 Å². The molecule has 1 aliphatic heterocycles. The van der Waals surface area contributed by atoms with Crippen molar-refractivity contribution in [1.29, 1.82) is 0 Å². The zero-order valence-electron chi connectivity index (χ0n) is 11.3. The SMILES string of the molecule is CC(CNCc1ccc(O)c(O)c1O)N1CCCC1. The van der Waals surface area contributed by atoms with Gasteiger partial charge in [-0.05, 0) is 38.9 Å². The Bertz CT molecular complexity index is 431. The van der Waals surface area contributed by atoms with Gasteiger partial charge in [0.2, 0.25) is 5.75 Å². The van der Waals surface area contributed by atoms with E-state index in [1.54, 1.807) is 6.07 Å². The van der Waals surface area contributed by atoms with Crippen LogP contribution in [-0.4, -0.2) is 45.9 Å². The van der Waals surface area contributed by atoms with E-state index in [0.717, 1.165) is 19.6 Å². The van der Waals surface area contributed by atoms with E-state index >= 15 is 0 Å². The van der Waals surface area contributed by atoms with Crippen molar-refractivity contribution in [3.8, 4) is 17.2 Å². The van der Waals surface area contributed by atoms with Crippen LogP contribution in [0.25, 0.3) is 0 Å². The Kier molecular flexibility index (Phi) is 4.50. The maximum atomic E-state index is 9.69. The Morgan fingerprint density at radius 3 is 2.53 bits per heavy atom. The monoisotopic (exact) mass is 266 g/mol. The van der Waals surface area contributed by atoms with Crippen molar-refractivity contribution in [2.45, 2.75) is 32.4 Å². The Labute approximate surface area is 113 Å². The molecular weight excluding hydrogens is 244 g/mol. The number of likely N-dealkylation sites (tertiary alicyclic amines) is 1. The number of phenolic OH excluding ortho intramolecular Hbond substituents is 3. The van der Waals surface area contributed by atoms with Crippen molar-refractivity contribution >= 4 is 0 Å². The molecule has 2 rings (SSSR count). The Hall–Kier alpha value is -1.46. The van der Waals surface area contributed by atoms with Crippen LogP contribution in [0.2, 0.25) is 0 Å². The molecule has 0 aliphatic carbocycles. The predicted molar refractivity (Wildman–Crippen MR) is 73.4 cm³/mol. The first-order valence-corrected chi connectivity index (χ1v) is 6.77. The van der Waals surface area contributed by atoms with Gasteiger partial charge in [-0.3, -0.25) is 4.90 Å². The number of hydrogen-bond donors (Lipinski definition) is 4. The molecule has 1 unspecified atom stereocenters. The van der Waals surface area contributed by atoms with Gasteiger partial charge in [0.05, 0.1) is 0 Å². The van der Waals surface area contributed by atoms with Gasteiger partial charge in [-0.25, -0.2) is 0 Å². The van der Waals surface area contributed by atoms with Gasteiger partial charge in [0.15, 0.2) is 11.5 Å². The Morgan fingerprint density at radius 2 is 1.84 bits per heavy atom. The van der Waals surface area contributed by atoms with Gasteiger partial charge in [-0.15, -0.1) is 0 Å². The highest BCUT2D eigenvalue weighted by atomic mass is 16.3. The van der Waals surface area contributed by atoms with Gasteiger partial charge in [0, 0.05) is 24.7 Å². The van der Waals surface area contributed by atoms with Crippen molar-refractivity contribution in [2.75, 3.05) is 19.6 Å². The molecule has 106 valence electrons. The van der Waals surface area contributed by atoms with E-state index in [1.165, 1.54) is 18.9 Å². The standard InChI is InChI=1S/C14H22N2O3/c1-10(16-6-2-3-7-16)8-15-9-11-4-5-12(17)14(19)13(11)18/h4-5,10,15,17-19H,2-3,6-9H2,1H3. The third kappa shape index (κ3) is 3.30. The Balaban J connectivity index is 1.84. The molecule has 1 atom stereocenters. The summed E-state index contributed by atoms with van der Waals surface area (Å²) in [5.41, 5.74) is 0.587. The molecule has 1 aromatic carbocycles. The minimum absolute atomic E-state index is 0.249. The normalized spacial score (nSPS) is 17.7. The highest BCUT2D eigenvalue weighted by molar-refractivity contribution is 5.52. The first kappa shape index (κ1) is 14.0. The second kappa shape index (κ2) is 6.12. The highest BCUT2D eigenvalue weighted by Gasteiger charge is 2.17. The van der Waals surface area contributed by atoms with E-state index < -0.39 is 5.75 Å². The summed E-state index contributed by atoms with van der Waals surface area (Å²) < 4.78 is 0. The molecule has 1 aliphatic rings. The van der Waals surface area contributed by atoms with E-state index in [-0.39, 0.29) is 11.5 Å². The first-order chi connectivity index (χ1) is 9.09. The van der Waals surface area contributed by atoms with Crippen LogP contribution in [0.5, 0.6) is 17.2 Å². The predicted octanol–water partition coefficient (Wildman–Crippen LogP) is 1.38. The summed E-state index contributed by atoms with van der Waals surface area (Å²) in [6.07, 6.45) is 2.55. The van der Waals surface area contributed by atoms with Crippen molar-refractivity contribution in [2.24, 2.45) is 0 Å². The van der Waals surface area contributed by atoms with Crippen LogP contribution < -0.4 is 5.32 Å². The summed E-state index contributed by atoms with van der Waals surface area (Å²) >= 11 is 0. The molecule has 4 N–H and O–H groups in total. The number of nitrogens with one attached hydrogen (secondary N) is 1. The van der Waals surface area contributed by atoms with Gasteiger partial charge in [0.1, 0.15) is 0 Å². The second-order valence-corrected chi connectivity index (χ2v) is 5.16. The van der Waals surface area contributed by atoms with Crippen molar-refractivity contribution in [1.82, 2.24) is 10.2 Å². The average molecular weight is 266 g/mol. The largest absolute Gasteiger partial charge is 0.504 e. The summed E-state index contributed by atoms with van der Waals surface area (Å²) in [5, 5.41) is 31.6. The smallest absolute Gasteiger partial charge is 0.200 e. The van der Waals surface area contributed by atoms with E-state index in [2.05, 4.69) is 17.1 Å². The number of benzene rings is 1. The third-order valence-corrected chi connectivity index (χ3v) is 3.73. The zero-order chi connectivity index (χ0) is 13.8. The van der Waals surface area contributed by atoms with Crippen LogP contribution in [0.15, 0.2) is 12.1 Å². The number of phenols is 3. The van der Waals surface area contributed by atoms with Crippen molar-refractivity contribution < 1.29 is 15.3 Å². The van der Waals surface area contributed by atoms with Gasteiger partial charge in [0.25, 0.3) is 0 Å². The highest BCUT2D eigenvalue weighted by Crippen LogP contribution is 2.36. The number of rotatable bonds is 5. The molecular formula is C14H22N2O3. The van der Waals surface area contributed by atoms with Crippen LogP contribution in [0.3, 0.4) is 0 Å². The fourth-order valence-electron chi connectivity index (χ4n) is 2.48. The van der Waals surface area contributed by atoms with Crippen LogP contribution >= 0.6 is 0 Å². The molecule has 1 fully saturated rings. The van der Waals surface area contributed by atoms with Crippen molar-refractivity contribution in [3.05, 3.63) is 17.7 Å². The molecule has 0 saturated carbocycles. The summed E-state index contributed by atoms with van der Waals surface area (Å²) in [6, 6.07) is 3.46. The molecule has 0 aromatic heterocycles. The molecule has 19 heavy (non-hydrogen) atoms. The number of hydrogen-bond acceptors (Lipinski definition) is 5. The zero-order valence-corrected chi connectivity index (χ0v) is 11.3. The maximum absolute atomic E-state index is 9.69. The van der Waals surface area contributed by atoms with Crippen LogP contribution in [0.4, 0.5) is 0 Å². The van der Waals surface area contributed by atoms with Gasteiger partial charge in [-0.1, -0.05) is 6.07 Å². The number of aromatic hydroxyl groups is 3. The molecule has 0 radical (unpaired) electrons. The molecule has 0 spiro atoms. The molecule has 5 heteroatoms. The summed E-state index contributed by atoms with van der Waals surface area (Å²) in [7, 11) is 0. The van der Waals surface area contributed by atoms with Crippen LogP contribution in [0.1, 0.15) is 25.3 Å². The molecule has 1 saturated heterocycles. The van der Waals surface area contributed by atoms with E-state index in [4.69, 9.17) is 0 Å². The molecule has 5 nitrogen and oxygen atoms in total. The number of nitrogens with zero attached hydrogens (tertiary/aromatic N) is 1. The maximum Gasteiger partial charge on any atom is 0.200 e. The van der Waals surface area contributed by atoms with Crippen LogP contribution in [0, 0.1) is 0 Å². The lowest BCUT2D eigenvalue weighted by atomic mass is 10.1.